The van der Waals surface area contributed by atoms with Crippen LogP contribution in [-0.4, -0.2) is 10.2 Å². The van der Waals surface area contributed by atoms with E-state index in [9.17, 15) is 9.59 Å². The van der Waals surface area contributed by atoms with Crippen molar-refractivity contribution in [1.82, 2.24) is 10.2 Å². The summed E-state index contributed by atoms with van der Waals surface area (Å²) in [7, 11) is 0. The van der Waals surface area contributed by atoms with Gasteiger partial charge in [0, 0.05) is 11.8 Å². The summed E-state index contributed by atoms with van der Waals surface area (Å²) in [5.41, 5.74) is -0.284. The highest BCUT2D eigenvalue weighted by Crippen LogP contribution is 2.25. The van der Waals surface area contributed by atoms with E-state index in [1.54, 1.807) is 6.20 Å². The molecule has 1 aliphatic rings. The van der Waals surface area contributed by atoms with E-state index < -0.39 is 5.56 Å². The Morgan fingerprint density at radius 1 is 1.20 bits per heavy atom. The Labute approximate surface area is 87.7 Å². The smallest absolute Gasteiger partial charge is 0.305 e. The number of hydrogen-bond acceptors (Lipinski definition) is 2. The van der Waals surface area contributed by atoms with E-state index in [1.165, 1.54) is 32.1 Å². The van der Waals surface area contributed by atoms with Crippen molar-refractivity contribution >= 4 is 0 Å². The van der Waals surface area contributed by atoms with Crippen molar-refractivity contribution < 1.29 is 0 Å². The standard InChI is InChI=1S/C11H16N2O2/c14-10-9(7-12-13-11(10)15)6-8-4-2-1-3-5-8/h7-8H,1-6H2,(H,12,14)(H,13,15). The predicted molar refractivity (Wildman–Crippen MR) is 58.0 cm³/mol. The molecule has 1 aliphatic carbocycles. The normalized spacial score (nSPS) is 17.9. The molecule has 0 spiro atoms. The molecule has 0 bridgehead atoms. The second kappa shape index (κ2) is 4.47. The van der Waals surface area contributed by atoms with Crippen LogP contribution >= 0.6 is 0 Å². The third kappa shape index (κ3) is 2.37. The van der Waals surface area contributed by atoms with E-state index in [0.29, 0.717) is 11.5 Å². The summed E-state index contributed by atoms with van der Waals surface area (Å²) in [5.74, 6) is 0.585. The quantitative estimate of drug-likeness (QED) is 0.717. The largest absolute Gasteiger partial charge is 0.310 e. The molecule has 15 heavy (non-hydrogen) atoms. The van der Waals surface area contributed by atoms with Gasteiger partial charge in [-0.1, -0.05) is 32.1 Å². The number of nitrogens with one attached hydrogen (secondary N) is 2. The maximum absolute atomic E-state index is 11.5. The van der Waals surface area contributed by atoms with Crippen LogP contribution in [0.2, 0.25) is 0 Å². The van der Waals surface area contributed by atoms with Crippen molar-refractivity contribution in [2.24, 2.45) is 5.92 Å². The molecule has 4 heteroatoms. The van der Waals surface area contributed by atoms with E-state index in [4.69, 9.17) is 0 Å². The SMILES string of the molecule is O=c1[nH][nH]cc(CC2CCCCC2)c1=O. The lowest BCUT2D eigenvalue weighted by Crippen LogP contribution is -2.31. The first kappa shape index (κ1) is 10.2. The van der Waals surface area contributed by atoms with Crippen LogP contribution in [0.15, 0.2) is 15.8 Å². The van der Waals surface area contributed by atoms with Crippen LogP contribution in [0.1, 0.15) is 37.7 Å². The predicted octanol–water partition coefficient (Wildman–Crippen LogP) is 1.19. The van der Waals surface area contributed by atoms with Gasteiger partial charge in [-0.15, -0.1) is 0 Å². The number of hydrogen-bond donors (Lipinski definition) is 2. The topological polar surface area (TPSA) is 65.7 Å². The van der Waals surface area contributed by atoms with Gasteiger partial charge in [0.1, 0.15) is 0 Å². The van der Waals surface area contributed by atoms with Gasteiger partial charge >= 0.3 is 5.56 Å². The zero-order valence-corrected chi connectivity index (χ0v) is 8.71. The summed E-state index contributed by atoms with van der Waals surface area (Å²) < 4.78 is 0. The van der Waals surface area contributed by atoms with E-state index >= 15 is 0 Å². The van der Waals surface area contributed by atoms with Gasteiger partial charge in [-0.25, -0.2) is 0 Å². The molecule has 82 valence electrons. The highest BCUT2D eigenvalue weighted by Gasteiger charge is 2.15. The Morgan fingerprint density at radius 2 is 1.93 bits per heavy atom. The van der Waals surface area contributed by atoms with Crippen LogP contribution in [0.25, 0.3) is 0 Å². The van der Waals surface area contributed by atoms with Crippen LogP contribution in [-0.2, 0) is 6.42 Å². The number of aromatic amines is 2. The fraction of sp³-hybridized carbons (Fsp3) is 0.636. The second-order valence-corrected chi connectivity index (χ2v) is 4.31. The summed E-state index contributed by atoms with van der Waals surface area (Å²) in [6, 6.07) is 0. The zero-order valence-electron chi connectivity index (χ0n) is 8.71. The third-order valence-corrected chi connectivity index (χ3v) is 3.16. The molecular formula is C11H16N2O2. The average Bonchev–Trinajstić information content (AvgIpc) is 2.26. The van der Waals surface area contributed by atoms with Gasteiger partial charge in [-0.2, -0.15) is 0 Å². The molecule has 0 aromatic carbocycles. The van der Waals surface area contributed by atoms with Crippen LogP contribution in [0.5, 0.6) is 0 Å². The van der Waals surface area contributed by atoms with Crippen molar-refractivity contribution in [3.63, 3.8) is 0 Å². The third-order valence-electron chi connectivity index (χ3n) is 3.16. The molecule has 1 saturated carbocycles. The Hall–Kier alpha value is -1.32. The Kier molecular flexibility index (Phi) is 3.04. The number of rotatable bonds is 2. The molecule has 2 rings (SSSR count). The molecule has 0 unspecified atom stereocenters. The van der Waals surface area contributed by atoms with Crippen LogP contribution < -0.4 is 11.0 Å². The molecule has 1 heterocycles. The lowest BCUT2D eigenvalue weighted by molar-refractivity contribution is 0.355. The van der Waals surface area contributed by atoms with Crippen molar-refractivity contribution in [2.45, 2.75) is 38.5 Å². The van der Waals surface area contributed by atoms with Crippen molar-refractivity contribution in [1.29, 1.82) is 0 Å². The first-order chi connectivity index (χ1) is 7.27. The molecule has 1 aromatic heterocycles. The van der Waals surface area contributed by atoms with E-state index in [1.807, 2.05) is 0 Å². The number of aromatic nitrogens is 2. The molecule has 0 amide bonds. The van der Waals surface area contributed by atoms with Gasteiger partial charge in [0.05, 0.1) is 0 Å². The summed E-state index contributed by atoms with van der Waals surface area (Å²) >= 11 is 0. The number of H-pyrrole nitrogens is 2. The monoisotopic (exact) mass is 208 g/mol. The fourth-order valence-corrected chi connectivity index (χ4v) is 2.31. The molecule has 0 atom stereocenters. The lowest BCUT2D eigenvalue weighted by atomic mass is 9.85. The first-order valence-electron chi connectivity index (χ1n) is 5.56. The molecule has 1 fully saturated rings. The molecule has 4 nitrogen and oxygen atoms in total. The minimum absolute atomic E-state index is 0.376. The summed E-state index contributed by atoms with van der Waals surface area (Å²) in [4.78, 5) is 22.6. The molecule has 1 aromatic rings. The van der Waals surface area contributed by atoms with Crippen molar-refractivity contribution in [3.05, 3.63) is 32.3 Å². The van der Waals surface area contributed by atoms with Crippen LogP contribution in [0.3, 0.4) is 0 Å². The van der Waals surface area contributed by atoms with Crippen molar-refractivity contribution in [3.8, 4) is 0 Å². The first-order valence-corrected chi connectivity index (χ1v) is 5.56. The molecule has 2 N–H and O–H groups in total. The van der Waals surface area contributed by atoms with Gasteiger partial charge in [-0.05, 0) is 12.3 Å². The highest BCUT2D eigenvalue weighted by atomic mass is 16.2. The zero-order chi connectivity index (χ0) is 10.7. The van der Waals surface area contributed by atoms with Gasteiger partial charge in [0.25, 0.3) is 0 Å². The van der Waals surface area contributed by atoms with Gasteiger partial charge in [-0.3, -0.25) is 14.7 Å². The minimum Gasteiger partial charge on any atom is -0.305 e. The molecule has 0 aliphatic heterocycles. The fourth-order valence-electron chi connectivity index (χ4n) is 2.31. The van der Waals surface area contributed by atoms with E-state index in [2.05, 4.69) is 10.2 Å². The molecule has 0 saturated heterocycles. The molecule has 0 radical (unpaired) electrons. The Morgan fingerprint density at radius 3 is 2.67 bits per heavy atom. The van der Waals surface area contributed by atoms with E-state index in [0.717, 1.165) is 6.42 Å². The highest BCUT2D eigenvalue weighted by molar-refractivity contribution is 5.07. The average molecular weight is 208 g/mol. The lowest BCUT2D eigenvalue weighted by Gasteiger charge is -2.20. The van der Waals surface area contributed by atoms with E-state index in [-0.39, 0.29) is 5.43 Å². The maximum atomic E-state index is 11.5. The maximum Gasteiger partial charge on any atom is 0.310 e. The summed E-state index contributed by atoms with van der Waals surface area (Å²) in [6.45, 7) is 0. The minimum atomic E-state index is -0.539. The summed E-state index contributed by atoms with van der Waals surface area (Å²) in [6.07, 6.45) is 8.57. The van der Waals surface area contributed by atoms with Gasteiger partial charge < -0.3 is 5.10 Å². The van der Waals surface area contributed by atoms with Gasteiger partial charge in [0.15, 0.2) is 0 Å². The Balaban J connectivity index is 2.13. The van der Waals surface area contributed by atoms with Gasteiger partial charge in [0.2, 0.25) is 5.43 Å². The van der Waals surface area contributed by atoms with Crippen molar-refractivity contribution in [2.75, 3.05) is 0 Å². The Bertz CT molecular complexity index is 427. The second-order valence-electron chi connectivity index (χ2n) is 4.31. The van der Waals surface area contributed by atoms with Crippen LogP contribution in [0.4, 0.5) is 0 Å². The van der Waals surface area contributed by atoms with Crippen LogP contribution in [0, 0.1) is 5.92 Å². The molecular weight excluding hydrogens is 192 g/mol. The summed E-state index contributed by atoms with van der Waals surface area (Å²) in [5, 5.41) is 4.91.